The lowest BCUT2D eigenvalue weighted by atomic mass is 9.92. The molecular formula is C25H30N2O2. The maximum Gasteiger partial charge on any atom is 0.161 e. The van der Waals surface area contributed by atoms with E-state index in [1.807, 2.05) is 13.0 Å². The molecule has 3 aromatic rings. The standard InChI is InChI=1S/C25H30N2O2/c1-3-29-23-13-12-20(18-24(23)28-2)25(27-16-7-14-26-15-17-27)22-11-6-9-19-8-4-5-10-21(19)22/h4-6,8-13,18,25-26H,3,7,14-17H2,1-2H3. The first-order valence-electron chi connectivity index (χ1n) is 10.5. The average Bonchev–Trinajstić information content (AvgIpc) is 3.04. The zero-order valence-corrected chi connectivity index (χ0v) is 17.4. The Morgan fingerprint density at radius 2 is 1.83 bits per heavy atom. The summed E-state index contributed by atoms with van der Waals surface area (Å²) in [6.07, 6.45) is 1.15. The molecule has 1 saturated heterocycles. The van der Waals surface area contributed by atoms with Gasteiger partial charge in [-0.1, -0.05) is 48.5 Å². The predicted molar refractivity (Wildman–Crippen MR) is 119 cm³/mol. The van der Waals surface area contributed by atoms with Gasteiger partial charge in [0.15, 0.2) is 11.5 Å². The molecule has 0 spiro atoms. The minimum Gasteiger partial charge on any atom is -0.493 e. The highest BCUT2D eigenvalue weighted by atomic mass is 16.5. The Labute approximate surface area is 173 Å². The van der Waals surface area contributed by atoms with Crippen molar-refractivity contribution in [1.29, 1.82) is 0 Å². The monoisotopic (exact) mass is 390 g/mol. The summed E-state index contributed by atoms with van der Waals surface area (Å²) in [5.41, 5.74) is 2.58. The summed E-state index contributed by atoms with van der Waals surface area (Å²) < 4.78 is 11.4. The summed E-state index contributed by atoms with van der Waals surface area (Å²) in [5.74, 6) is 1.59. The van der Waals surface area contributed by atoms with Crippen LogP contribution in [-0.2, 0) is 0 Å². The minimum absolute atomic E-state index is 0.172. The lowest BCUT2D eigenvalue weighted by molar-refractivity contribution is 0.241. The molecule has 152 valence electrons. The van der Waals surface area contributed by atoms with E-state index in [1.54, 1.807) is 7.11 Å². The topological polar surface area (TPSA) is 33.7 Å². The molecule has 0 aromatic heterocycles. The van der Waals surface area contributed by atoms with Gasteiger partial charge in [0.05, 0.1) is 19.8 Å². The third kappa shape index (κ3) is 4.24. The molecule has 0 amide bonds. The molecule has 29 heavy (non-hydrogen) atoms. The highest BCUT2D eigenvalue weighted by Gasteiger charge is 2.25. The Bertz CT molecular complexity index is 943. The molecule has 1 unspecified atom stereocenters. The molecule has 3 aromatic carbocycles. The number of methoxy groups -OCH3 is 1. The quantitative estimate of drug-likeness (QED) is 0.665. The molecule has 1 fully saturated rings. The second kappa shape index (κ2) is 9.29. The fourth-order valence-corrected chi connectivity index (χ4v) is 4.33. The van der Waals surface area contributed by atoms with Crippen LogP contribution in [0.4, 0.5) is 0 Å². The fourth-order valence-electron chi connectivity index (χ4n) is 4.33. The van der Waals surface area contributed by atoms with Crippen molar-refractivity contribution in [2.75, 3.05) is 39.9 Å². The first-order chi connectivity index (χ1) is 14.3. The molecule has 0 aliphatic carbocycles. The Hall–Kier alpha value is -2.56. The van der Waals surface area contributed by atoms with Gasteiger partial charge in [0.25, 0.3) is 0 Å². The first-order valence-corrected chi connectivity index (χ1v) is 10.5. The van der Waals surface area contributed by atoms with Gasteiger partial charge in [-0.25, -0.2) is 0 Å². The highest BCUT2D eigenvalue weighted by molar-refractivity contribution is 5.86. The molecular weight excluding hydrogens is 360 g/mol. The lowest BCUT2D eigenvalue weighted by Crippen LogP contribution is -2.33. The van der Waals surface area contributed by atoms with Gasteiger partial charge in [0.2, 0.25) is 0 Å². The van der Waals surface area contributed by atoms with E-state index in [0.29, 0.717) is 6.61 Å². The number of benzene rings is 3. The van der Waals surface area contributed by atoms with Gasteiger partial charge < -0.3 is 14.8 Å². The van der Waals surface area contributed by atoms with Gasteiger partial charge in [-0.05, 0) is 53.9 Å². The average molecular weight is 391 g/mol. The molecule has 1 N–H and O–H groups in total. The number of ether oxygens (including phenoxy) is 2. The van der Waals surface area contributed by atoms with Crippen molar-refractivity contribution in [3.63, 3.8) is 0 Å². The smallest absolute Gasteiger partial charge is 0.161 e. The van der Waals surface area contributed by atoms with Crippen LogP contribution in [0.15, 0.2) is 60.7 Å². The third-order valence-electron chi connectivity index (χ3n) is 5.66. The molecule has 4 rings (SSSR count). The number of hydrogen-bond donors (Lipinski definition) is 1. The van der Waals surface area contributed by atoms with Crippen LogP contribution in [0, 0.1) is 0 Å². The molecule has 1 aliphatic rings. The summed E-state index contributed by atoms with van der Waals surface area (Å²) in [5, 5.41) is 6.12. The molecule has 0 bridgehead atoms. The Balaban J connectivity index is 1.84. The van der Waals surface area contributed by atoms with E-state index < -0.39 is 0 Å². The number of hydrogen-bond acceptors (Lipinski definition) is 4. The molecule has 1 aliphatic heterocycles. The second-order valence-electron chi connectivity index (χ2n) is 7.45. The lowest BCUT2D eigenvalue weighted by Gasteiger charge is -2.32. The van der Waals surface area contributed by atoms with Gasteiger partial charge in [-0.15, -0.1) is 0 Å². The van der Waals surface area contributed by atoms with E-state index in [1.165, 1.54) is 21.9 Å². The van der Waals surface area contributed by atoms with Crippen LogP contribution in [0.5, 0.6) is 11.5 Å². The SMILES string of the molecule is CCOc1ccc(C(c2cccc3ccccc23)N2CCCNCC2)cc1OC. The van der Waals surface area contributed by atoms with E-state index in [0.717, 1.165) is 44.1 Å². The summed E-state index contributed by atoms with van der Waals surface area (Å²) >= 11 is 0. The Morgan fingerprint density at radius 1 is 0.966 bits per heavy atom. The number of rotatable bonds is 6. The first kappa shape index (κ1) is 19.7. The van der Waals surface area contributed by atoms with Crippen LogP contribution in [0.2, 0.25) is 0 Å². The summed E-state index contributed by atoms with van der Waals surface area (Å²) in [4.78, 5) is 2.59. The largest absolute Gasteiger partial charge is 0.493 e. The van der Waals surface area contributed by atoms with Crippen molar-refractivity contribution >= 4 is 10.8 Å². The van der Waals surface area contributed by atoms with Gasteiger partial charge in [-0.2, -0.15) is 0 Å². The highest BCUT2D eigenvalue weighted by Crippen LogP contribution is 2.38. The van der Waals surface area contributed by atoms with E-state index in [2.05, 4.69) is 64.8 Å². The van der Waals surface area contributed by atoms with Crippen LogP contribution in [0.1, 0.15) is 30.5 Å². The predicted octanol–water partition coefficient (Wildman–Crippen LogP) is 4.63. The Morgan fingerprint density at radius 3 is 2.69 bits per heavy atom. The van der Waals surface area contributed by atoms with E-state index in [9.17, 15) is 0 Å². The summed E-state index contributed by atoms with van der Waals surface area (Å²) in [6.45, 7) is 6.79. The maximum atomic E-state index is 5.76. The third-order valence-corrected chi connectivity index (χ3v) is 5.66. The van der Waals surface area contributed by atoms with Crippen molar-refractivity contribution < 1.29 is 9.47 Å². The van der Waals surface area contributed by atoms with Crippen LogP contribution in [0.3, 0.4) is 0 Å². The van der Waals surface area contributed by atoms with Crippen LogP contribution < -0.4 is 14.8 Å². The van der Waals surface area contributed by atoms with Crippen molar-refractivity contribution in [3.8, 4) is 11.5 Å². The Kier molecular flexibility index (Phi) is 6.33. The van der Waals surface area contributed by atoms with Gasteiger partial charge >= 0.3 is 0 Å². The van der Waals surface area contributed by atoms with Crippen molar-refractivity contribution in [2.24, 2.45) is 0 Å². The maximum absolute atomic E-state index is 5.76. The van der Waals surface area contributed by atoms with Gasteiger partial charge in [-0.3, -0.25) is 4.90 Å². The van der Waals surface area contributed by atoms with E-state index in [-0.39, 0.29) is 6.04 Å². The zero-order chi connectivity index (χ0) is 20.1. The van der Waals surface area contributed by atoms with Crippen LogP contribution >= 0.6 is 0 Å². The normalized spacial score (nSPS) is 16.3. The second-order valence-corrected chi connectivity index (χ2v) is 7.45. The van der Waals surface area contributed by atoms with Crippen molar-refractivity contribution in [1.82, 2.24) is 10.2 Å². The molecule has 4 nitrogen and oxygen atoms in total. The van der Waals surface area contributed by atoms with E-state index in [4.69, 9.17) is 9.47 Å². The number of nitrogens with zero attached hydrogens (tertiary/aromatic N) is 1. The van der Waals surface area contributed by atoms with Gasteiger partial charge in [0, 0.05) is 19.6 Å². The molecule has 0 radical (unpaired) electrons. The molecule has 1 heterocycles. The van der Waals surface area contributed by atoms with Crippen molar-refractivity contribution in [3.05, 3.63) is 71.8 Å². The molecule has 1 atom stereocenters. The number of nitrogens with one attached hydrogen (secondary N) is 1. The minimum atomic E-state index is 0.172. The van der Waals surface area contributed by atoms with Gasteiger partial charge in [0.1, 0.15) is 0 Å². The van der Waals surface area contributed by atoms with E-state index >= 15 is 0 Å². The summed E-state index contributed by atoms with van der Waals surface area (Å²) in [6, 6.07) is 21.9. The fraction of sp³-hybridized carbons (Fsp3) is 0.360. The van der Waals surface area contributed by atoms with Crippen molar-refractivity contribution in [2.45, 2.75) is 19.4 Å². The van der Waals surface area contributed by atoms with Crippen LogP contribution in [-0.4, -0.2) is 44.8 Å². The molecule has 4 heteroatoms. The molecule has 0 saturated carbocycles. The summed E-state index contributed by atoms with van der Waals surface area (Å²) in [7, 11) is 1.71. The van der Waals surface area contributed by atoms with Crippen LogP contribution in [0.25, 0.3) is 10.8 Å². The zero-order valence-electron chi connectivity index (χ0n) is 17.4. The number of fused-ring (bicyclic) bond motifs is 1.